The number of carbonyl (C=O) groups is 2. The molecule has 2 aliphatic rings. The maximum absolute atomic E-state index is 12.4. The highest BCUT2D eigenvalue weighted by Gasteiger charge is 2.33. The summed E-state index contributed by atoms with van der Waals surface area (Å²) in [6.07, 6.45) is 4.31. The van der Waals surface area contributed by atoms with E-state index in [1.807, 2.05) is 0 Å². The average molecular weight is 290 g/mol. The molecule has 1 aromatic rings. The van der Waals surface area contributed by atoms with Crippen molar-refractivity contribution in [2.45, 2.75) is 37.8 Å². The van der Waals surface area contributed by atoms with Crippen molar-refractivity contribution in [3.05, 3.63) is 18.3 Å². The van der Waals surface area contributed by atoms with E-state index in [9.17, 15) is 9.59 Å². The Kier molecular flexibility index (Phi) is 3.98. The molecule has 0 aliphatic carbocycles. The zero-order chi connectivity index (χ0) is 14.7. The van der Waals surface area contributed by atoms with Gasteiger partial charge in [0.1, 0.15) is 12.1 Å². The fourth-order valence-corrected chi connectivity index (χ4v) is 2.78. The highest BCUT2D eigenvalue weighted by molar-refractivity contribution is 5.90. The smallest absolute Gasteiger partial charge is 0.245 e. The van der Waals surface area contributed by atoms with Crippen LogP contribution in [0.1, 0.15) is 25.7 Å². The normalized spacial score (nSPS) is 25.5. The number of nitrogens with one attached hydrogen (secondary N) is 1. The second kappa shape index (κ2) is 6.07. The number of piperidine rings is 1. The molecule has 112 valence electrons. The first-order valence-corrected chi connectivity index (χ1v) is 7.25. The van der Waals surface area contributed by atoms with Crippen molar-refractivity contribution >= 4 is 11.8 Å². The third-order valence-corrected chi connectivity index (χ3v) is 3.82. The van der Waals surface area contributed by atoms with E-state index in [4.69, 9.17) is 4.74 Å². The van der Waals surface area contributed by atoms with Crippen molar-refractivity contribution in [2.75, 3.05) is 13.1 Å². The van der Waals surface area contributed by atoms with Crippen molar-refractivity contribution < 1.29 is 14.3 Å². The lowest BCUT2D eigenvalue weighted by atomic mass is 10.1. The van der Waals surface area contributed by atoms with Gasteiger partial charge < -0.3 is 15.0 Å². The summed E-state index contributed by atoms with van der Waals surface area (Å²) in [4.78, 5) is 25.4. The molecule has 0 spiro atoms. The second-order valence-corrected chi connectivity index (χ2v) is 5.39. The third-order valence-electron chi connectivity index (χ3n) is 3.82. The predicted molar refractivity (Wildman–Crippen MR) is 73.4 cm³/mol. The molecule has 2 aliphatic heterocycles. The molecule has 1 N–H and O–H groups in total. The molecule has 2 atom stereocenters. The van der Waals surface area contributed by atoms with Gasteiger partial charge in [0.25, 0.3) is 0 Å². The van der Waals surface area contributed by atoms with E-state index in [1.54, 1.807) is 23.2 Å². The molecule has 0 saturated carbocycles. The number of nitrogens with zero attached hydrogens (tertiary/aromatic N) is 3. The van der Waals surface area contributed by atoms with Crippen LogP contribution in [0, 0.1) is 0 Å². The summed E-state index contributed by atoms with van der Waals surface area (Å²) in [5, 5.41) is 10.4. The minimum absolute atomic E-state index is 0.00621. The quantitative estimate of drug-likeness (QED) is 0.855. The Balaban J connectivity index is 1.58. The fraction of sp³-hybridized carbons (Fsp3) is 0.571. The maximum atomic E-state index is 12.4. The van der Waals surface area contributed by atoms with Crippen LogP contribution in [-0.2, 0) is 9.59 Å². The van der Waals surface area contributed by atoms with Crippen LogP contribution in [0.2, 0.25) is 0 Å². The molecule has 2 fully saturated rings. The van der Waals surface area contributed by atoms with Gasteiger partial charge in [0.05, 0.1) is 6.54 Å². The molecule has 21 heavy (non-hydrogen) atoms. The van der Waals surface area contributed by atoms with E-state index in [0.29, 0.717) is 31.8 Å². The Morgan fingerprint density at radius 2 is 2.33 bits per heavy atom. The first-order chi connectivity index (χ1) is 10.2. The molecular weight excluding hydrogens is 272 g/mol. The van der Waals surface area contributed by atoms with E-state index in [1.165, 1.54) is 0 Å². The summed E-state index contributed by atoms with van der Waals surface area (Å²) in [5.41, 5.74) is 0. The lowest BCUT2D eigenvalue weighted by molar-refractivity contribution is -0.136. The van der Waals surface area contributed by atoms with Crippen LogP contribution in [0.3, 0.4) is 0 Å². The number of carbonyl (C=O) groups excluding carboxylic acids is 2. The van der Waals surface area contributed by atoms with Gasteiger partial charge in [-0.25, -0.2) is 0 Å². The summed E-state index contributed by atoms with van der Waals surface area (Å²) in [5.74, 6) is 0.428. The largest absolute Gasteiger partial charge is 0.471 e. The third kappa shape index (κ3) is 3.29. The Morgan fingerprint density at radius 1 is 1.43 bits per heavy atom. The van der Waals surface area contributed by atoms with Crippen LogP contribution >= 0.6 is 0 Å². The first-order valence-electron chi connectivity index (χ1n) is 7.25. The Morgan fingerprint density at radius 3 is 3.05 bits per heavy atom. The van der Waals surface area contributed by atoms with Gasteiger partial charge in [-0.2, -0.15) is 5.10 Å². The summed E-state index contributed by atoms with van der Waals surface area (Å²) in [7, 11) is 0. The van der Waals surface area contributed by atoms with Gasteiger partial charge >= 0.3 is 0 Å². The highest BCUT2D eigenvalue weighted by atomic mass is 16.5. The molecule has 3 rings (SSSR count). The highest BCUT2D eigenvalue weighted by Crippen LogP contribution is 2.18. The molecule has 3 heterocycles. The van der Waals surface area contributed by atoms with Crippen LogP contribution in [-0.4, -0.2) is 52.1 Å². The number of rotatable bonds is 3. The second-order valence-electron chi connectivity index (χ2n) is 5.39. The van der Waals surface area contributed by atoms with Crippen LogP contribution in [0.5, 0.6) is 5.88 Å². The van der Waals surface area contributed by atoms with Gasteiger partial charge in [0.15, 0.2) is 0 Å². The summed E-state index contributed by atoms with van der Waals surface area (Å²) >= 11 is 0. The van der Waals surface area contributed by atoms with Gasteiger partial charge in [-0.05, 0) is 25.3 Å². The number of amides is 2. The lowest BCUT2D eigenvalue weighted by Crippen LogP contribution is -2.50. The molecule has 7 heteroatoms. The Bertz CT molecular complexity index is 522. The standard InChI is InChI=1S/C14H18N4O3/c19-12-6-5-11(16-12)14(20)18-8-2-3-10(9-18)21-13-4-1-7-15-17-13/h1,4,7,10-11H,2-3,5-6,8-9H2,(H,16,19). The van der Waals surface area contributed by atoms with E-state index in [0.717, 1.165) is 12.8 Å². The van der Waals surface area contributed by atoms with E-state index >= 15 is 0 Å². The van der Waals surface area contributed by atoms with Crippen molar-refractivity contribution in [2.24, 2.45) is 0 Å². The SMILES string of the molecule is O=C1CCC(C(=O)N2CCCC(Oc3cccnn3)C2)N1. The number of hydrogen-bond donors (Lipinski definition) is 1. The molecule has 0 aromatic carbocycles. The minimum Gasteiger partial charge on any atom is -0.471 e. The Labute approximate surface area is 122 Å². The number of likely N-dealkylation sites (tertiary alicyclic amines) is 1. The summed E-state index contributed by atoms with van der Waals surface area (Å²) < 4.78 is 5.76. The van der Waals surface area contributed by atoms with Gasteiger partial charge in [-0.1, -0.05) is 0 Å². The van der Waals surface area contributed by atoms with Crippen molar-refractivity contribution in [1.29, 1.82) is 0 Å². The van der Waals surface area contributed by atoms with Crippen LogP contribution in [0.4, 0.5) is 0 Å². The average Bonchev–Trinajstić information content (AvgIpc) is 2.94. The van der Waals surface area contributed by atoms with E-state index in [-0.39, 0.29) is 24.0 Å². The maximum Gasteiger partial charge on any atom is 0.245 e. The topological polar surface area (TPSA) is 84.4 Å². The monoisotopic (exact) mass is 290 g/mol. The van der Waals surface area contributed by atoms with Gasteiger partial charge in [0.2, 0.25) is 17.7 Å². The van der Waals surface area contributed by atoms with Crippen LogP contribution in [0.25, 0.3) is 0 Å². The molecule has 0 radical (unpaired) electrons. The van der Waals surface area contributed by atoms with Gasteiger partial charge in [-0.15, -0.1) is 5.10 Å². The molecular formula is C14H18N4O3. The lowest BCUT2D eigenvalue weighted by Gasteiger charge is -2.33. The molecule has 2 saturated heterocycles. The van der Waals surface area contributed by atoms with Crippen molar-refractivity contribution in [3.63, 3.8) is 0 Å². The molecule has 2 amide bonds. The van der Waals surface area contributed by atoms with E-state index in [2.05, 4.69) is 15.5 Å². The molecule has 2 unspecified atom stereocenters. The van der Waals surface area contributed by atoms with Crippen LogP contribution in [0.15, 0.2) is 18.3 Å². The first kappa shape index (κ1) is 13.8. The zero-order valence-electron chi connectivity index (χ0n) is 11.7. The molecule has 7 nitrogen and oxygen atoms in total. The number of ether oxygens (including phenoxy) is 1. The fourth-order valence-electron chi connectivity index (χ4n) is 2.78. The van der Waals surface area contributed by atoms with Crippen molar-refractivity contribution in [3.8, 4) is 5.88 Å². The van der Waals surface area contributed by atoms with Gasteiger partial charge in [-0.3, -0.25) is 9.59 Å². The predicted octanol–water partition coefficient (Wildman–Crippen LogP) is 0.125. The summed E-state index contributed by atoms with van der Waals surface area (Å²) in [6, 6.07) is 3.15. The number of hydrogen-bond acceptors (Lipinski definition) is 5. The molecule has 0 bridgehead atoms. The minimum atomic E-state index is -0.368. The molecule has 1 aromatic heterocycles. The van der Waals surface area contributed by atoms with Crippen molar-refractivity contribution in [1.82, 2.24) is 20.4 Å². The van der Waals surface area contributed by atoms with Crippen LogP contribution < -0.4 is 10.1 Å². The zero-order valence-corrected chi connectivity index (χ0v) is 11.7. The van der Waals surface area contributed by atoms with Gasteiger partial charge in [0, 0.05) is 25.2 Å². The summed E-state index contributed by atoms with van der Waals surface area (Å²) in [6.45, 7) is 1.24. The van der Waals surface area contributed by atoms with E-state index < -0.39 is 0 Å². The number of aromatic nitrogens is 2. The Hall–Kier alpha value is -2.18.